The van der Waals surface area contributed by atoms with Crippen LogP contribution in [0.4, 0.5) is 0 Å². The van der Waals surface area contributed by atoms with Crippen LogP contribution in [0.1, 0.15) is 45.4 Å². The topological polar surface area (TPSA) is 16.8 Å². The van der Waals surface area contributed by atoms with Gasteiger partial charge in [-0.25, -0.2) is 4.57 Å². The van der Waals surface area contributed by atoms with Crippen molar-refractivity contribution < 1.29 is 4.57 Å². The molecule has 1 aromatic heterocycles. The minimum Gasteiger partial charge on any atom is -0.230 e. The van der Waals surface area contributed by atoms with Crippen LogP contribution in [0, 0.1) is 5.92 Å². The van der Waals surface area contributed by atoms with Gasteiger partial charge in [-0.1, -0.05) is 44.0 Å². The highest BCUT2D eigenvalue weighted by Crippen LogP contribution is 2.08. The van der Waals surface area contributed by atoms with Gasteiger partial charge in [0.1, 0.15) is 5.69 Å². The molecule has 0 aliphatic carbocycles. The standard InChI is InChI=1S/C15H23N2/c1-5-7-9-15-14(8-6-2)10-16-12-17(15)11-13(3)4/h6-10,12-13H,5,11H2,1-4H3/q+1/b8-6-,9-7-. The quantitative estimate of drug-likeness (QED) is 0.709. The maximum atomic E-state index is 4.30. The molecule has 0 aliphatic heterocycles. The third-order valence-electron chi connectivity index (χ3n) is 2.44. The highest BCUT2D eigenvalue weighted by molar-refractivity contribution is 5.59. The Labute approximate surface area is 105 Å². The van der Waals surface area contributed by atoms with Gasteiger partial charge >= 0.3 is 0 Å². The number of allylic oxidation sites excluding steroid dienone is 2. The van der Waals surface area contributed by atoms with Crippen molar-refractivity contribution in [3.05, 3.63) is 35.9 Å². The van der Waals surface area contributed by atoms with Crippen molar-refractivity contribution in [2.75, 3.05) is 0 Å². The number of nitrogens with zero attached hydrogens (tertiary/aromatic N) is 2. The largest absolute Gasteiger partial charge is 0.286 e. The zero-order chi connectivity index (χ0) is 12.7. The molecule has 0 fully saturated rings. The Morgan fingerprint density at radius 2 is 2.12 bits per heavy atom. The monoisotopic (exact) mass is 231 g/mol. The summed E-state index contributed by atoms with van der Waals surface area (Å²) in [6.07, 6.45) is 13.4. The fraction of sp³-hybridized carbons (Fsp3) is 0.467. The van der Waals surface area contributed by atoms with Crippen LogP contribution in [-0.2, 0) is 6.54 Å². The van der Waals surface area contributed by atoms with Gasteiger partial charge in [-0.3, -0.25) is 0 Å². The molecule has 0 radical (unpaired) electrons. The van der Waals surface area contributed by atoms with E-state index in [0.29, 0.717) is 5.92 Å². The Hall–Kier alpha value is -1.44. The minimum atomic E-state index is 0.622. The summed E-state index contributed by atoms with van der Waals surface area (Å²) in [7, 11) is 0. The van der Waals surface area contributed by atoms with Gasteiger partial charge in [0.05, 0.1) is 12.1 Å². The molecule has 0 bridgehead atoms. The van der Waals surface area contributed by atoms with Crippen LogP contribution in [0.5, 0.6) is 0 Å². The first-order valence-corrected chi connectivity index (χ1v) is 6.35. The molecule has 2 nitrogen and oxygen atoms in total. The first-order chi connectivity index (χ1) is 8.19. The molecule has 0 saturated heterocycles. The van der Waals surface area contributed by atoms with Crippen molar-refractivity contribution in [2.45, 2.75) is 40.7 Å². The molecule has 0 amide bonds. The average Bonchev–Trinajstić information content (AvgIpc) is 2.28. The summed E-state index contributed by atoms with van der Waals surface area (Å²) >= 11 is 0. The van der Waals surface area contributed by atoms with E-state index in [-0.39, 0.29) is 0 Å². The van der Waals surface area contributed by atoms with Gasteiger partial charge in [0, 0.05) is 0 Å². The highest BCUT2D eigenvalue weighted by atomic mass is 15.0. The highest BCUT2D eigenvalue weighted by Gasteiger charge is 2.11. The smallest absolute Gasteiger partial charge is 0.230 e. The fourth-order valence-corrected chi connectivity index (χ4v) is 1.76. The molecular formula is C15H23N2+. The van der Waals surface area contributed by atoms with Gasteiger partial charge in [-0.05, 0) is 25.3 Å². The summed E-state index contributed by atoms with van der Waals surface area (Å²) < 4.78 is 2.23. The lowest BCUT2D eigenvalue weighted by Gasteiger charge is -2.07. The third-order valence-corrected chi connectivity index (χ3v) is 2.44. The first-order valence-electron chi connectivity index (χ1n) is 6.35. The first kappa shape index (κ1) is 13.6. The van der Waals surface area contributed by atoms with E-state index in [1.165, 1.54) is 11.3 Å². The van der Waals surface area contributed by atoms with Crippen LogP contribution in [0.3, 0.4) is 0 Å². The Bertz CT molecular complexity index is 403. The third kappa shape index (κ3) is 4.14. The molecule has 0 atom stereocenters. The molecule has 0 aromatic carbocycles. The molecule has 92 valence electrons. The van der Waals surface area contributed by atoms with Crippen LogP contribution in [0.2, 0.25) is 0 Å². The summed E-state index contributed by atoms with van der Waals surface area (Å²) in [4.78, 5) is 4.30. The lowest BCUT2D eigenvalue weighted by atomic mass is 10.1. The van der Waals surface area contributed by atoms with Crippen LogP contribution < -0.4 is 4.57 Å². The van der Waals surface area contributed by atoms with E-state index in [4.69, 9.17) is 0 Å². The second-order valence-electron chi connectivity index (χ2n) is 4.59. The molecule has 2 heteroatoms. The van der Waals surface area contributed by atoms with E-state index in [2.05, 4.69) is 54.6 Å². The summed E-state index contributed by atoms with van der Waals surface area (Å²) in [5, 5.41) is 0. The Kier molecular flexibility index (Phi) is 5.61. The van der Waals surface area contributed by atoms with Crippen LogP contribution in [-0.4, -0.2) is 4.98 Å². The molecule has 17 heavy (non-hydrogen) atoms. The number of hydrogen-bond donors (Lipinski definition) is 0. The molecule has 0 spiro atoms. The number of hydrogen-bond acceptors (Lipinski definition) is 1. The normalized spacial score (nSPS) is 12.1. The fourth-order valence-electron chi connectivity index (χ4n) is 1.76. The predicted octanol–water partition coefficient (Wildman–Crippen LogP) is 3.48. The zero-order valence-corrected chi connectivity index (χ0v) is 11.4. The van der Waals surface area contributed by atoms with Gasteiger partial charge in [-0.2, -0.15) is 0 Å². The van der Waals surface area contributed by atoms with Crippen molar-refractivity contribution in [1.82, 2.24) is 4.98 Å². The molecule has 1 aromatic rings. The Balaban J connectivity index is 3.18. The van der Waals surface area contributed by atoms with E-state index < -0.39 is 0 Å². The average molecular weight is 231 g/mol. The Morgan fingerprint density at radius 1 is 1.35 bits per heavy atom. The van der Waals surface area contributed by atoms with Crippen LogP contribution in [0.25, 0.3) is 12.2 Å². The summed E-state index contributed by atoms with van der Waals surface area (Å²) in [6, 6.07) is 0. The lowest BCUT2D eigenvalue weighted by molar-refractivity contribution is -0.706. The van der Waals surface area contributed by atoms with Crippen molar-refractivity contribution >= 4 is 12.2 Å². The Morgan fingerprint density at radius 3 is 2.71 bits per heavy atom. The van der Waals surface area contributed by atoms with Crippen LogP contribution in [0.15, 0.2) is 24.7 Å². The molecule has 0 unspecified atom stereocenters. The zero-order valence-electron chi connectivity index (χ0n) is 11.4. The minimum absolute atomic E-state index is 0.622. The lowest BCUT2D eigenvalue weighted by Crippen LogP contribution is -2.40. The van der Waals surface area contributed by atoms with Gasteiger partial charge in [-0.15, -0.1) is 0 Å². The van der Waals surface area contributed by atoms with Crippen molar-refractivity contribution in [1.29, 1.82) is 0 Å². The van der Waals surface area contributed by atoms with Crippen molar-refractivity contribution in [3.8, 4) is 0 Å². The van der Waals surface area contributed by atoms with E-state index >= 15 is 0 Å². The second-order valence-corrected chi connectivity index (χ2v) is 4.59. The summed E-state index contributed by atoms with van der Waals surface area (Å²) in [5.74, 6) is 0.622. The predicted molar refractivity (Wildman–Crippen MR) is 73.3 cm³/mol. The van der Waals surface area contributed by atoms with Crippen molar-refractivity contribution in [2.24, 2.45) is 5.92 Å². The maximum Gasteiger partial charge on any atom is 0.286 e. The van der Waals surface area contributed by atoms with Crippen molar-refractivity contribution in [3.63, 3.8) is 0 Å². The molecule has 0 saturated carbocycles. The summed E-state index contributed by atoms with van der Waals surface area (Å²) in [6.45, 7) is 9.64. The number of rotatable bonds is 5. The van der Waals surface area contributed by atoms with Crippen LogP contribution >= 0.6 is 0 Å². The number of aromatic nitrogens is 2. The maximum absolute atomic E-state index is 4.30. The second kappa shape index (κ2) is 7.00. The molecule has 0 aliphatic rings. The van der Waals surface area contributed by atoms with Gasteiger partial charge in [0.15, 0.2) is 6.20 Å². The summed E-state index contributed by atoms with van der Waals surface area (Å²) in [5.41, 5.74) is 2.43. The molecule has 0 N–H and O–H groups in total. The molecule has 1 heterocycles. The molecular weight excluding hydrogens is 208 g/mol. The van der Waals surface area contributed by atoms with E-state index in [0.717, 1.165) is 13.0 Å². The molecule has 1 rings (SSSR count). The van der Waals surface area contributed by atoms with E-state index in [9.17, 15) is 0 Å². The van der Waals surface area contributed by atoms with E-state index in [1.807, 2.05) is 19.4 Å². The van der Waals surface area contributed by atoms with Gasteiger partial charge in [0.2, 0.25) is 0 Å². The van der Waals surface area contributed by atoms with Gasteiger partial charge in [0.25, 0.3) is 6.33 Å². The van der Waals surface area contributed by atoms with E-state index in [1.54, 1.807) is 0 Å². The SMILES string of the molecule is C/C=C\c1cnc[n+](CC(C)C)c1/C=C\CC. The van der Waals surface area contributed by atoms with Gasteiger partial charge < -0.3 is 0 Å².